The van der Waals surface area contributed by atoms with Gasteiger partial charge in [0, 0.05) is 29.1 Å². The van der Waals surface area contributed by atoms with Crippen molar-refractivity contribution in [2.75, 3.05) is 20.1 Å². The maximum atomic E-state index is 11.7. The average Bonchev–Trinajstić information content (AvgIpc) is 2.33. The van der Waals surface area contributed by atoms with Gasteiger partial charge in [-0.2, -0.15) is 0 Å². The van der Waals surface area contributed by atoms with Gasteiger partial charge in [-0.25, -0.2) is 0 Å². The van der Waals surface area contributed by atoms with Gasteiger partial charge in [-0.15, -0.1) is 12.4 Å². The predicted molar refractivity (Wildman–Crippen MR) is 83.5 cm³/mol. The van der Waals surface area contributed by atoms with Crippen LogP contribution in [0.2, 0.25) is 10.0 Å². The Hall–Kier alpha value is -0.480. The quantitative estimate of drug-likeness (QED) is 0.844. The van der Waals surface area contributed by atoms with E-state index in [2.05, 4.69) is 10.6 Å². The minimum absolute atomic E-state index is 0. The highest BCUT2D eigenvalue weighted by molar-refractivity contribution is 6.35. The molecule has 1 atom stereocenters. The predicted octanol–water partition coefficient (Wildman–Crippen LogP) is 2.93. The molecule has 1 rings (SSSR count). The molecule has 0 bridgehead atoms. The monoisotopic (exact) mass is 324 g/mol. The summed E-state index contributed by atoms with van der Waals surface area (Å²) in [5.74, 6) is -0.00996. The lowest BCUT2D eigenvalue weighted by Crippen LogP contribution is -2.35. The van der Waals surface area contributed by atoms with Gasteiger partial charge >= 0.3 is 0 Å². The average molecular weight is 326 g/mol. The number of nitrogens with one attached hydrogen (secondary N) is 2. The van der Waals surface area contributed by atoms with Crippen molar-refractivity contribution in [3.63, 3.8) is 0 Å². The van der Waals surface area contributed by atoms with Crippen molar-refractivity contribution in [3.05, 3.63) is 33.8 Å². The van der Waals surface area contributed by atoms with Gasteiger partial charge in [-0.1, -0.05) is 36.2 Å². The molecule has 0 spiro atoms. The Kier molecular flexibility index (Phi) is 9.19. The van der Waals surface area contributed by atoms with Crippen LogP contribution in [0.5, 0.6) is 0 Å². The van der Waals surface area contributed by atoms with Crippen LogP contribution in [-0.2, 0) is 11.2 Å². The van der Waals surface area contributed by atoms with E-state index in [0.717, 1.165) is 5.56 Å². The second-order valence-electron chi connectivity index (χ2n) is 4.20. The zero-order chi connectivity index (χ0) is 13.5. The fraction of sp³-hybridized carbons (Fsp3) is 0.462. The maximum absolute atomic E-state index is 11.7. The first-order valence-electron chi connectivity index (χ1n) is 5.91. The maximum Gasteiger partial charge on any atom is 0.224 e. The van der Waals surface area contributed by atoms with Crippen LogP contribution in [0.3, 0.4) is 0 Å². The molecule has 0 aliphatic heterocycles. The molecule has 108 valence electrons. The zero-order valence-electron chi connectivity index (χ0n) is 11.0. The minimum atomic E-state index is -0.0447. The van der Waals surface area contributed by atoms with E-state index in [0.29, 0.717) is 29.6 Å². The summed E-state index contributed by atoms with van der Waals surface area (Å²) in [5.41, 5.74) is 0.877. The van der Waals surface area contributed by atoms with Crippen LogP contribution >= 0.6 is 35.6 Å². The molecule has 19 heavy (non-hydrogen) atoms. The van der Waals surface area contributed by atoms with E-state index in [-0.39, 0.29) is 24.2 Å². The SMILES string of the molecule is CNCC(C)C(=O)NCCc1c(Cl)cccc1Cl.Cl. The molecule has 1 amide bonds. The summed E-state index contributed by atoms with van der Waals surface area (Å²) < 4.78 is 0. The summed E-state index contributed by atoms with van der Waals surface area (Å²) >= 11 is 12.1. The topological polar surface area (TPSA) is 41.1 Å². The van der Waals surface area contributed by atoms with Gasteiger partial charge in [0.2, 0.25) is 5.91 Å². The molecule has 0 saturated heterocycles. The number of carbonyl (C=O) groups is 1. The van der Waals surface area contributed by atoms with Crippen molar-refractivity contribution in [1.29, 1.82) is 0 Å². The Morgan fingerprint density at radius 3 is 2.42 bits per heavy atom. The Morgan fingerprint density at radius 2 is 1.89 bits per heavy atom. The lowest BCUT2D eigenvalue weighted by atomic mass is 10.1. The van der Waals surface area contributed by atoms with Crippen LogP contribution in [0.1, 0.15) is 12.5 Å². The third kappa shape index (κ3) is 6.00. The number of amides is 1. The van der Waals surface area contributed by atoms with Gasteiger partial charge < -0.3 is 10.6 Å². The lowest BCUT2D eigenvalue weighted by molar-refractivity contribution is -0.124. The molecule has 0 heterocycles. The number of hydrogen-bond acceptors (Lipinski definition) is 2. The van der Waals surface area contributed by atoms with Crippen molar-refractivity contribution >= 4 is 41.5 Å². The molecule has 1 aromatic rings. The second-order valence-corrected chi connectivity index (χ2v) is 5.01. The van der Waals surface area contributed by atoms with E-state index < -0.39 is 0 Å². The van der Waals surface area contributed by atoms with E-state index in [1.807, 2.05) is 20.0 Å². The highest BCUT2D eigenvalue weighted by atomic mass is 35.5. The molecule has 3 nitrogen and oxygen atoms in total. The van der Waals surface area contributed by atoms with Gasteiger partial charge in [-0.3, -0.25) is 4.79 Å². The number of halogens is 3. The fourth-order valence-corrected chi connectivity index (χ4v) is 2.24. The second kappa shape index (κ2) is 9.43. The largest absolute Gasteiger partial charge is 0.355 e. The van der Waals surface area contributed by atoms with E-state index >= 15 is 0 Å². The van der Waals surface area contributed by atoms with Gasteiger partial charge in [0.1, 0.15) is 0 Å². The molecule has 0 aromatic heterocycles. The van der Waals surface area contributed by atoms with Crippen LogP contribution in [0, 0.1) is 5.92 Å². The number of benzene rings is 1. The van der Waals surface area contributed by atoms with Crippen molar-refractivity contribution in [2.45, 2.75) is 13.3 Å². The van der Waals surface area contributed by atoms with E-state index in [1.165, 1.54) is 0 Å². The van der Waals surface area contributed by atoms with Gasteiger partial charge in [0.25, 0.3) is 0 Å². The lowest BCUT2D eigenvalue weighted by Gasteiger charge is -2.12. The van der Waals surface area contributed by atoms with E-state index in [9.17, 15) is 4.79 Å². The molecule has 0 aliphatic carbocycles. The van der Waals surface area contributed by atoms with Crippen LogP contribution in [0.15, 0.2) is 18.2 Å². The van der Waals surface area contributed by atoms with E-state index in [1.54, 1.807) is 12.1 Å². The minimum Gasteiger partial charge on any atom is -0.355 e. The molecule has 2 N–H and O–H groups in total. The Labute approximate surface area is 130 Å². The standard InChI is InChI=1S/C13H18Cl2N2O.ClH/c1-9(8-16-2)13(18)17-7-6-10-11(14)4-3-5-12(10)15;/h3-5,9,16H,6-8H2,1-2H3,(H,17,18);1H. The van der Waals surface area contributed by atoms with Crippen LogP contribution in [-0.4, -0.2) is 26.0 Å². The third-order valence-electron chi connectivity index (χ3n) is 2.69. The molecule has 0 radical (unpaired) electrons. The molecule has 0 aliphatic rings. The smallest absolute Gasteiger partial charge is 0.224 e. The molecule has 0 fully saturated rings. The summed E-state index contributed by atoms with van der Waals surface area (Å²) in [6.45, 7) is 3.09. The summed E-state index contributed by atoms with van der Waals surface area (Å²) in [6, 6.07) is 5.41. The number of hydrogen-bond donors (Lipinski definition) is 2. The van der Waals surface area contributed by atoms with Crippen LogP contribution < -0.4 is 10.6 Å². The van der Waals surface area contributed by atoms with Gasteiger partial charge in [-0.05, 0) is 31.2 Å². The van der Waals surface area contributed by atoms with Crippen molar-refractivity contribution in [1.82, 2.24) is 10.6 Å². The van der Waals surface area contributed by atoms with Crippen LogP contribution in [0.25, 0.3) is 0 Å². The Bertz CT molecular complexity index is 393. The molecular weight excluding hydrogens is 307 g/mol. The highest BCUT2D eigenvalue weighted by Crippen LogP contribution is 2.24. The van der Waals surface area contributed by atoms with Crippen molar-refractivity contribution < 1.29 is 4.79 Å². The molecule has 6 heteroatoms. The summed E-state index contributed by atoms with van der Waals surface area (Å²) in [6.07, 6.45) is 0.635. The zero-order valence-corrected chi connectivity index (χ0v) is 13.3. The highest BCUT2D eigenvalue weighted by Gasteiger charge is 2.11. The van der Waals surface area contributed by atoms with Crippen molar-refractivity contribution in [2.24, 2.45) is 5.92 Å². The first-order chi connectivity index (χ1) is 8.56. The molecule has 0 saturated carbocycles. The molecule has 1 unspecified atom stereocenters. The number of rotatable bonds is 6. The Balaban J connectivity index is 0.00000324. The fourth-order valence-electron chi connectivity index (χ4n) is 1.65. The number of carbonyl (C=O) groups excluding carboxylic acids is 1. The van der Waals surface area contributed by atoms with Crippen LogP contribution in [0.4, 0.5) is 0 Å². The van der Waals surface area contributed by atoms with Gasteiger partial charge in [0.15, 0.2) is 0 Å². The molecular formula is C13H19Cl3N2O. The first kappa shape index (κ1) is 18.5. The molecule has 1 aromatic carbocycles. The normalized spacial score (nSPS) is 11.6. The third-order valence-corrected chi connectivity index (χ3v) is 3.40. The van der Waals surface area contributed by atoms with Crippen molar-refractivity contribution in [3.8, 4) is 0 Å². The first-order valence-corrected chi connectivity index (χ1v) is 6.67. The summed E-state index contributed by atoms with van der Waals surface area (Å²) in [7, 11) is 1.83. The summed E-state index contributed by atoms with van der Waals surface area (Å²) in [4.78, 5) is 11.7. The van der Waals surface area contributed by atoms with Gasteiger partial charge in [0.05, 0.1) is 0 Å². The summed E-state index contributed by atoms with van der Waals surface area (Å²) in [5, 5.41) is 7.12. The van der Waals surface area contributed by atoms with E-state index in [4.69, 9.17) is 23.2 Å². The Morgan fingerprint density at radius 1 is 1.32 bits per heavy atom.